The van der Waals surface area contributed by atoms with Crippen LogP contribution in [-0.2, 0) is 0 Å². The van der Waals surface area contributed by atoms with Crippen LogP contribution in [0.5, 0.6) is 0 Å². The summed E-state index contributed by atoms with van der Waals surface area (Å²) in [5.74, 6) is -3.16. The standard InChI is InChI=1S/C11H9F2NO2/c12-11(13)4-7(5-11)6-1-2-9-8(3-6)14-10(15)16-9/h1-3,7H,4-5H2,(H,14,15). The van der Waals surface area contributed by atoms with Crippen molar-refractivity contribution in [1.82, 2.24) is 4.98 Å². The molecule has 84 valence electrons. The van der Waals surface area contributed by atoms with Gasteiger partial charge in [0.05, 0.1) is 5.52 Å². The van der Waals surface area contributed by atoms with Gasteiger partial charge in [0.15, 0.2) is 5.58 Å². The fourth-order valence-electron chi connectivity index (χ4n) is 2.12. The molecule has 2 aromatic rings. The zero-order chi connectivity index (χ0) is 11.3. The molecule has 0 saturated heterocycles. The third-order valence-corrected chi connectivity index (χ3v) is 3.00. The molecule has 0 aliphatic heterocycles. The Bertz CT molecular complexity index is 591. The van der Waals surface area contributed by atoms with E-state index in [0.29, 0.717) is 11.1 Å². The predicted molar refractivity (Wildman–Crippen MR) is 53.8 cm³/mol. The number of hydrogen-bond acceptors (Lipinski definition) is 2. The van der Waals surface area contributed by atoms with E-state index in [9.17, 15) is 13.6 Å². The highest BCUT2D eigenvalue weighted by Gasteiger charge is 2.45. The number of alkyl halides is 2. The van der Waals surface area contributed by atoms with Crippen molar-refractivity contribution in [1.29, 1.82) is 0 Å². The van der Waals surface area contributed by atoms with Gasteiger partial charge >= 0.3 is 5.76 Å². The fourth-order valence-corrected chi connectivity index (χ4v) is 2.12. The first kappa shape index (κ1) is 9.57. The second-order valence-corrected chi connectivity index (χ2v) is 4.23. The number of benzene rings is 1. The molecule has 0 bridgehead atoms. The first-order valence-corrected chi connectivity index (χ1v) is 5.04. The Morgan fingerprint density at radius 2 is 2.12 bits per heavy atom. The van der Waals surface area contributed by atoms with Crippen LogP contribution < -0.4 is 5.76 Å². The Balaban J connectivity index is 1.97. The van der Waals surface area contributed by atoms with Gasteiger partial charge in [0.25, 0.3) is 0 Å². The molecular weight excluding hydrogens is 216 g/mol. The van der Waals surface area contributed by atoms with Crippen molar-refractivity contribution in [3.05, 3.63) is 34.3 Å². The molecule has 5 heteroatoms. The van der Waals surface area contributed by atoms with Crippen LogP contribution in [0.1, 0.15) is 24.3 Å². The van der Waals surface area contributed by atoms with E-state index in [0.717, 1.165) is 5.56 Å². The SMILES string of the molecule is O=c1[nH]c2cc(C3CC(F)(F)C3)ccc2o1. The van der Waals surface area contributed by atoms with Gasteiger partial charge in [-0.1, -0.05) is 6.07 Å². The Kier molecular flexibility index (Phi) is 1.75. The number of hydrogen-bond donors (Lipinski definition) is 1. The second-order valence-electron chi connectivity index (χ2n) is 4.23. The average Bonchev–Trinajstić information content (AvgIpc) is 2.52. The molecule has 1 aromatic carbocycles. The van der Waals surface area contributed by atoms with E-state index in [1.807, 2.05) is 0 Å². The molecule has 1 aliphatic rings. The van der Waals surface area contributed by atoms with Crippen molar-refractivity contribution in [2.75, 3.05) is 0 Å². The zero-order valence-electron chi connectivity index (χ0n) is 8.30. The summed E-state index contributed by atoms with van der Waals surface area (Å²) in [6, 6.07) is 5.08. The first-order valence-electron chi connectivity index (χ1n) is 5.04. The Morgan fingerprint density at radius 1 is 1.38 bits per heavy atom. The van der Waals surface area contributed by atoms with Gasteiger partial charge in [0.2, 0.25) is 5.92 Å². The number of fused-ring (bicyclic) bond motifs is 1. The van der Waals surface area contributed by atoms with E-state index in [1.165, 1.54) is 0 Å². The summed E-state index contributed by atoms with van der Waals surface area (Å²) in [7, 11) is 0. The monoisotopic (exact) mass is 225 g/mol. The van der Waals surface area contributed by atoms with Gasteiger partial charge < -0.3 is 4.42 Å². The van der Waals surface area contributed by atoms with Crippen LogP contribution in [0.15, 0.2) is 27.4 Å². The summed E-state index contributed by atoms with van der Waals surface area (Å²) < 4.78 is 30.3. The summed E-state index contributed by atoms with van der Waals surface area (Å²) in [6.07, 6.45) is -0.221. The first-order chi connectivity index (χ1) is 7.53. The summed E-state index contributed by atoms with van der Waals surface area (Å²) in [5, 5.41) is 0. The molecule has 1 N–H and O–H groups in total. The van der Waals surface area contributed by atoms with E-state index in [-0.39, 0.29) is 18.8 Å². The summed E-state index contributed by atoms with van der Waals surface area (Å²) >= 11 is 0. The zero-order valence-corrected chi connectivity index (χ0v) is 8.30. The topological polar surface area (TPSA) is 46.0 Å². The van der Waals surface area contributed by atoms with E-state index < -0.39 is 11.7 Å². The largest absolute Gasteiger partial charge is 0.417 e. The number of aromatic nitrogens is 1. The van der Waals surface area contributed by atoms with E-state index in [4.69, 9.17) is 4.42 Å². The second kappa shape index (κ2) is 2.93. The summed E-state index contributed by atoms with van der Waals surface area (Å²) in [5.41, 5.74) is 1.85. The third kappa shape index (κ3) is 1.43. The number of aromatic amines is 1. The quantitative estimate of drug-likeness (QED) is 0.810. The van der Waals surface area contributed by atoms with Gasteiger partial charge in [-0.15, -0.1) is 0 Å². The lowest BCUT2D eigenvalue weighted by Crippen LogP contribution is -2.33. The molecule has 3 nitrogen and oxygen atoms in total. The third-order valence-electron chi connectivity index (χ3n) is 3.00. The van der Waals surface area contributed by atoms with Crippen molar-refractivity contribution in [2.45, 2.75) is 24.7 Å². The lowest BCUT2D eigenvalue weighted by atomic mass is 9.77. The van der Waals surface area contributed by atoms with Crippen molar-refractivity contribution >= 4 is 11.1 Å². The maximum atomic E-state index is 12.7. The van der Waals surface area contributed by atoms with Crippen LogP contribution in [0.25, 0.3) is 11.1 Å². The minimum absolute atomic E-state index is 0.111. The highest BCUT2D eigenvalue weighted by Crippen LogP contribution is 2.48. The molecule has 0 radical (unpaired) electrons. The van der Waals surface area contributed by atoms with Crippen LogP contribution in [0, 0.1) is 0 Å². The van der Waals surface area contributed by atoms with Crippen LogP contribution >= 0.6 is 0 Å². The number of rotatable bonds is 1. The minimum atomic E-state index is -2.52. The highest BCUT2D eigenvalue weighted by atomic mass is 19.3. The van der Waals surface area contributed by atoms with Crippen LogP contribution in [0.3, 0.4) is 0 Å². The molecule has 1 saturated carbocycles. The lowest BCUT2D eigenvalue weighted by Gasteiger charge is -2.35. The number of oxazole rings is 1. The van der Waals surface area contributed by atoms with Crippen molar-refractivity contribution in [3.63, 3.8) is 0 Å². The van der Waals surface area contributed by atoms with Gasteiger partial charge in [0, 0.05) is 12.8 Å². The molecule has 0 amide bonds. The molecule has 0 atom stereocenters. The normalized spacial score (nSPS) is 19.9. The van der Waals surface area contributed by atoms with Gasteiger partial charge in [-0.2, -0.15) is 0 Å². The maximum absolute atomic E-state index is 12.7. The molecule has 0 spiro atoms. The lowest BCUT2D eigenvalue weighted by molar-refractivity contribution is -0.0867. The van der Waals surface area contributed by atoms with Crippen molar-refractivity contribution < 1.29 is 13.2 Å². The highest BCUT2D eigenvalue weighted by molar-refractivity contribution is 5.73. The Labute approximate surface area is 89.1 Å². The summed E-state index contributed by atoms with van der Waals surface area (Å²) in [4.78, 5) is 13.4. The average molecular weight is 225 g/mol. The molecule has 1 fully saturated rings. The van der Waals surface area contributed by atoms with Crippen molar-refractivity contribution in [2.24, 2.45) is 0 Å². The molecular formula is C11H9F2NO2. The number of H-pyrrole nitrogens is 1. The minimum Gasteiger partial charge on any atom is -0.408 e. The van der Waals surface area contributed by atoms with Gasteiger partial charge in [-0.05, 0) is 23.6 Å². The molecule has 1 heterocycles. The predicted octanol–water partition coefficient (Wildman–Crippen LogP) is 2.63. The van der Waals surface area contributed by atoms with Gasteiger partial charge in [0.1, 0.15) is 0 Å². The molecule has 0 unspecified atom stereocenters. The molecule has 1 aromatic heterocycles. The fraction of sp³-hybridized carbons (Fsp3) is 0.364. The van der Waals surface area contributed by atoms with Crippen molar-refractivity contribution in [3.8, 4) is 0 Å². The number of nitrogens with one attached hydrogen (secondary N) is 1. The van der Waals surface area contributed by atoms with Gasteiger partial charge in [-0.25, -0.2) is 13.6 Å². The summed E-state index contributed by atoms with van der Waals surface area (Å²) in [6.45, 7) is 0. The smallest absolute Gasteiger partial charge is 0.408 e. The van der Waals surface area contributed by atoms with E-state index >= 15 is 0 Å². The van der Waals surface area contributed by atoms with Gasteiger partial charge in [-0.3, -0.25) is 4.98 Å². The van der Waals surface area contributed by atoms with Crippen LogP contribution in [-0.4, -0.2) is 10.9 Å². The van der Waals surface area contributed by atoms with Crippen LogP contribution in [0.4, 0.5) is 8.78 Å². The Morgan fingerprint density at radius 3 is 2.81 bits per heavy atom. The van der Waals surface area contributed by atoms with Crippen LogP contribution in [0.2, 0.25) is 0 Å². The molecule has 3 rings (SSSR count). The number of halogens is 2. The van der Waals surface area contributed by atoms with E-state index in [2.05, 4.69) is 4.98 Å². The maximum Gasteiger partial charge on any atom is 0.417 e. The molecule has 1 aliphatic carbocycles. The molecule has 16 heavy (non-hydrogen) atoms. The Hall–Kier alpha value is -1.65. The van der Waals surface area contributed by atoms with E-state index in [1.54, 1.807) is 18.2 Å².